The Bertz CT molecular complexity index is 692. The summed E-state index contributed by atoms with van der Waals surface area (Å²) in [7, 11) is 1.60. The number of methoxy groups -OCH3 is 1. The summed E-state index contributed by atoms with van der Waals surface area (Å²) in [4.78, 5) is 11.8. The molecule has 2 aromatic rings. The van der Waals surface area contributed by atoms with Crippen molar-refractivity contribution in [2.24, 2.45) is 0 Å². The summed E-state index contributed by atoms with van der Waals surface area (Å²) in [5.41, 5.74) is -0.245. The van der Waals surface area contributed by atoms with Crippen LogP contribution in [0.15, 0.2) is 54.6 Å². The summed E-state index contributed by atoms with van der Waals surface area (Å²) in [6, 6.07) is 17.2. The Morgan fingerprint density at radius 3 is 2.16 bits per heavy atom. The van der Waals surface area contributed by atoms with Gasteiger partial charge in [0.25, 0.3) is 0 Å². The highest BCUT2D eigenvalue weighted by atomic mass is 16.5. The smallest absolute Gasteiger partial charge is 0.335 e. The summed E-state index contributed by atoms with van der Waals surface area (Å²) in [6.45, 7) is 3.92. The van der Waals surface area contributed by atoms with Gasteiger partial charge < -0.3 is 14.9 Å². The maximum Gasteiger partial charge on any atom is 0.335 e. The summed E-state index contributed by atoms with van der Waals surface area (Å²) in [5, 5.41) is 20.5. The van der Waals surface area contributed by atoms with Crippen molar-refractivity contribution < 1.29 is 19.7 Å². The average Bonchev–Trinajstić information content (AvgIpc) is 2.60. The molecule has 0 aliphatic carbocycles. The first-order valence-electron chi connectivity index (χ1n) is 8.41. The van der Waals surface area contributed by atoms with Gasteiger partial charge in [-0.05, 0) is 47.9 Å². The second-order valence-electron chi connectivity index (χ2n) is 7.11. The highest BCUT2D eigenvalue weighted by Gasteiger charge is 2.41. The Labute approximate surface area is 149 Å². The SMILES string of the molecule is COc1ccc(CCC(O)(CC(C)(C)c2ccccc2)C(=O)O)cc1. The number of aliphatic hydroxyl groups is 1. The van der Waals surface area contributed by atoms with E-state index in [1.807, 2.05) is 68.4 Å². The van der Waals surface area contributed by atoms with Crippen LogP contribution in [-0.2, 0) is 16.6 Å². The lowest BCUT2D eigenvalue weighted by Crippen LogP contribution is -2.44. The zero-order valence-electron chi connectivity index (χ0n) is 15.0. The largest absolute Gasteiger partial charge is 0.497 e. The summed E-state index contributed by atoms with van der Waals surface area (Å²) in [6.07, 6.45) is 0.790. The van der Waals surface area contributed by atoms with Gasteiger partial charge >= 0.3 is 5.97 Å². The minimum absolute atomic E-state index is 0.148. The number of hydrogen-bond acceptors (Lipinski definition) is 3. The van der Waals surface area contributed by atoms with Gasteiger partial charge in [-0.1, -0.05) is 56.3 Å². The molecule has 25 heavy (non-hydrogen) atoms. The molecule has 0 radical (unpaired) electrons. The van der Waals surface area contributed by atoms with E-state index in [0.717, 1.165) is 16.9 Å². The number of aryl methyl sites for hydroxylation is 1. The maximum atomic E-state index is 11.8. The second kappa shape index (κ2) is 7.70. The minimum Gasteiger partial charge on any atom is -0.497 e. The molecule has 2 rings (SSSR count). The summed E-state index contributed by atoms with van der Waals surface area (Å²) >= 11 is 0. The maximum absolute atomic E-state index is 11.8. The monoisotopic (exact) mass is 342 g/mol. The molecule has 0 aliphatic heterocycles. The summed E-state index contributed by atoms with van der Waals surface area (Å²) < 4.78 is 5.12. The van der Waals surface area contributed by atoms with Crippen LogP contribution in [0.1, 0.15) is 37.8 Å². The molecule has 2 N–H and O–H groups in total. The van der Waals surface area contributed by atoms with Crippen LogP contribution in [0.2, 0.25) is 0 Å². The molecular formula is C21H26O4. The van der Waals surface area contributed by atoms with Crippen LogP contribution in [0.4, 0.5) is 0 Å². The Morgan fingerprint density at radius 1 is 1.04 bits per heavy atom. The molecule has 0 saturated heterocycles. The first kappa shape index (κ1) is 19.0. The first-order valence-corrected chi connectivity index (χ1v) is 8.41. The van der Waals surface area contributed by atoms with Crippen molar-refractivity contribution in [3.8, 4) is 5.75 Å². The molecule has 0 fully saturated rings. The van der Waals surface area contributed by atoms with Gasteiger partial charge in [-0.3, -0.25) is 0 Å². The lowest BCUT2D eigenvalue weighted by atomic mass is 9.73. The van der Waals surface area contributed by atoms with Crippen molar-refractivity contribution in [2.75, 3.05) is 7.11 Å². The van der Waals surface area contributed by atoms with Gasteiger partial charge in [-0.15, -0.1) is 0 Å². The fraction of sp³-hybridized carbons (Fsp3) is 0.381. The molecule has 0 amide bonds. The van der Waals surface area contributed by atoms with Crippen molar-refractivity contribution in [3.05, 3.63) is 65.7 Å². The summed E-state index contributed by atoms with van der Waals surface area (Å²) in [5.74, 6) is -0.424. The molecule has 0 saturated carbocycles. The van der Waals surface area contributed by atoms with Crippen LogP contribution in [0, 0.1) is 0 Å². The standard InChI is InChI=1S/C21H26O4/c1-20(2,17-7-5-4-6-8-17)15-21(24,19(22)23)14-13-16-9-11-18(25-3)12-10-16/h4-12,24H,13-15H2,1-3H3,(H,22,23). The Balaban J connectivity index is 2.13. The molecule has 0 bridgehead atoms. The number of aliphatic carboxylic acids is 1. The van der Waals surface area contributed by atoms with Crippen molar-refractivity contribution >= 4 is 5.97 Å². The topological polar surface area (TPSA) is 66.8 Å². The van der Waals surface area contributed by atoms with E-state index in [4.69, 9.17) is 4.74 Å². The molecule has 1 atom stereocenters. The molecule has 0 spiro atoms. The van der Waals surface area contributed by atoms with Crippen LogP contribution < -0.4 is 4.74 Å². The second-order valence-corrected chi connectivity index (χ2v) is 7.11. The quantitative estimate of drug-likeness (QED) is 0.765. The molecule has 2 aromatic carbocycles. The Morgan fingerprint density at radius 2 is 1.64 bits per heavy atom. The zero-order valence-corrected chi connectivity index (χ0v) is 15.0. The number of hydrogen-bond donors (Lipinski definition) is 2. The van der Waals surface area contributed by atoms with Crippen LogP contribution in [0.25, 0.3) is 0 Å². The molecule has 1 unspecified atom stereocenters. The minimum atomic E-state index is -1.78. The fourth-order valence-corrected chi connectivity index (χ4v) is 3.14. The number of carboxylic acid groups (broad SMARTS) is 1. The first-order chi connectivity index (χ1) is 11.8. The van der Waals surface area contributed by atoms with E-state index >= 15 is 0 Å². The van der Waals surface area contributed by atoms with Crippen LogP contribution in [-0.4, -0.2) is 28.9 Å². The number of carboxylic acids is 1. The number of ether oxygens (including phenoxy) is 1. The van der Waals surface area contributed by atoms with Gasteiger partial charge in [0.05, 0.1) is 7.11 Å². The lowest BCUT2D eigenvalue weighted by molar-refractivity contribution is -0.161. The third-order valence-corrected chi connectivity index (χ3v) is 4.67. The molecule has 4 nitrogen and oxygen atoms in total. The zero-order chi connectivity index (χ0) is 18.5. The van der Waals surface area contributed by atoms with Gasteiger partial charge in [0.2, 0.25) is 0 Å². The third-order valence-electron chi connectivity index (χ3n) is 4.67. The van der Waals surface area contributed by atoms with Gasteiger partial charge in [0, 0.05) is 0 Å². The number of rotatable bonds is 8. The predicted molar refractivity (Wildman–Crippen MR) is 98.0 cm³/mol. The van der Waals surface area contributed by atoms with E-state index in [2.05, 4.69) is 0 Å². The molecule has 0 heterocycles. The molecule has 0 aliphatic rings. The number of carbonyl (C=O) groups is 1. The molecular weight excluding hydrogens is 316 g/mol. The van der Waals surface area contributed by atoms with Gasteiger partial charge in [0.1, 0.15) is 5.75 Å². The van der Waals surface area contributed by atoms with E-state index in [1.165, 1.54) is 0 Å². The third kappa shape index (κ3) is 4.83. The Hall–Kier alpha value is -2.33. The van der Waals surface area contributed by atoms with Crippen molar-refractivity contribution in [1.82, 2.24) is 0 Å². The van der Waals surface area contributed by atoms with E-state index in [0.29, 0.717) is 6.42 Å². The van der Waals surface area contributed by atoms with E-state index in [-0.39, 0.29) is 12.8 Å². The predicted octanol–water partition coefficient (Wildman–Crippen LogP) is 3.81. The lowest BCUT2D eigenvalue weighted by Gasteiger charge is -2.34. The highest BCUT2D eigenvalue weighted by molar-refractivity contribution is 5.77. The van der Waals surface area contributed by atoms with Crippen molar-refractivity contribution in [1.29, 1.82) is 0 Å². The van der Waals surface area contributed by atoms with Crippen molar-refractivity contribution in [2.45, 2.75) is 44.1 Å². The van der Waals surface area contributed by atoms with Gasteiger partial charge in [-0.25, -0.2) is 4.79 Å². The Kier molecular flexibility index (Phi) is 5.85. The molecule has 0 aromatic heterocycles. The van der Waals surface area contributed by atoms with Gasteiger partial charge in [-0.2, -0.15) is 0 Å². The van der Waals surface area contributed by atoms with Gasteiger partial charge in [0.15, 0.2) is 5.60 Å². The van der Waals surface area contributed by atoms with Crippen LogP contribution >= 0.6 is 0 Å². The van der Waals surface area contributed by atoms with E-state index in [1.54, 1.807) is 7.11 Å². The fourth-order valence-electron chi connectivity index (χ4n) is 3.14. The van der Waals surface area contributed by atoms with E-state index in [9.17, 15) is 15.0 Å². The molecule has 134 valence electrons. The van der Waals surface area contributed by atoms with Crippen LogP contribution in [0.3, 0.4) is 0 Å². The normalized spacial score (nSPS) is 13.9. The van der Waals surface area contributed by atoms with Crippen molar-refractivity contribution in [3.63, 3.8) is 0 Å². The molecule has 4 heteroatoms. The highest BCUT2D eigenvalue weighted by Crippen LogP contribution is 2.34. The van der Waals surface area contributed by atoms with Crippen LogP contribution in [0.5, 0.6) is 5.75 Å². The van der Waals surface area contributed by atoms with E-state index < -0.39 is 17.0 Å². The average molecular weight is 342 g/mol. The number of benzene rings is 2.